The minimum atomic E-state index is -1.20. The van der Waals surface area contributed by atoms with Crippen molar-refractivity contribution in [3.8, 4) is 0 Å². The van der Waals surface area contributed by atoms with Crippen LogP contribution in [0.4, 0.5) is 0 Å². The zero-order chi connectivity index (χ0) is 47.9. The second-order valence-corrected chi connectivity index (χ2v) is 14.1. The number of aliphatic carboxylic acids is 1. The van der Waals surface area contributed by atoms with E-state index in [1.54, 1.807) is 0 Å². The summed E-state index contributed by atoms with van der Waals surface area (Å²) in [6.07, 6.45) is 5.00. The quantitative estimate of drug-likeness (QED) is 0.0215. The van der Waals surface area contributed by atoms with Crippen LogP contribution in [-0.4, -0.2) is 208 Å². The molecule has 0 unspecified atom stereocenters. The lowest BCUT2D eigenvalue weighted by molar-refractivity contribution is -0.143. The molecule has 1 aliphatic heterocycles. The summed E-state index contributed by atoms with van der Waals surface area (Å²) in [5, 5.41) is 21.0. The summed E-state index contributed by atoms with van der Waals surface area (Å²) >= 11 is 0. The van der Waals surface area contributed by atoms with E-state index in [0.717, 1.165) is 6.42 Å². The number of carboxylic acid groups (broad SMARTS) is 1. The van der Waals surface area contributed by atoms with Crippen LogP contribution in [0.15, 0.2) is 12.2 Å². The topological polar surface area (TPSA) is 303 Å². The number of rotatable bonds is 43. The molecule has 0 aromatic carbocycles. The van der Waals surface area contributed by atoms with Gasteiger partial charge in [0.15, 0.2) is 0 Å². The summed E-state index contributed by atoms with van der Waals surface area (Å²) in [5.74, 6) is -4.13. The molecule has 372 valence electrons. The summed E-state index contributed by atoms with van der Waals surface area (Å²) in [7, 11) is 0. The first-order valence-electron chi connectivity index (χ1n) is 21.7. The average molecular weight is 935 g/mol. The third-order valence-electron chi connectivity index (χ3n) is 8.68. The molecule has 0 aromatic rings. The van der Waals surface area contributed by atoms with E-state index in [9.17, 15) is 38.4 Å². The Labute approximate surface area is 379 Å². The second kappa shape index (κ2) is 38.6. The molecule has 3 atom stereocenters. The van der Waals surface area contributed by atoms with Gasteiger partial charge < -0.3 is 74.3 Å². The van der Waals surface area contributed by atoms with E-state index in [1.807, 2.05) is 0 Å². The van der Waals surface area contributed by atoms with Crippen LogP contribution >= 0.6 is 0 Å². The van der Waals surface area contributed by atoms with E-state index >= 15 is 0 Å². The van der Waals surface area contributed by atoms with Gasteiger partial charge in [-0.1, -0.05) is 6.42 Å². The van der Waals surface area contributed by atoms with Crippen LogP contribution < -0.4 is 26.6 Å². The average Bonchev–Trinajstić information content (AvgIpc) is 3.59. The van der Waals surface area contributed by atoms with Gasteiger partial charge in [-0.15, -0.1) is 0 Å². The third kappa shape index (κ3) is 32.6. The molecule has 0 bridgehead atoms. The number of carboxylic acids is 1. The van der Waals surface area contributed by atoms with Crippen molar-refractivity contribution in [2.24, 2.45) is 0 Å². The molecule has 24 heteroatoms. The summed E-state index contributed by atoms with van der Waals surface area (Å²) in [5.41, 5.74) is 0. The smallest absolute Gasteiger partial charge is 0.329 e. The van der Waals surface area contributed by atoms with E-state index in [0.29, 0.717) is 125 Å². The minimum Gasteiger partial charge on any atom is -0.480 e. The molecule has 24 nitrogen and oxygen atoms in total. The highest BCUT2D eigenvalue weighted by atomic mass is 16.6. The number of nitrogens with one attached hydrogen (secondary N) is 5. The number of unbranched alkanes of at least 4 members (excludes halogenated alkanes) is 2. The molecule has 0 aromatic heterocycles. The lowest BCUT2D eigenvalue weighted by Gasteiger charge is -2.20. The second-order valence-electron chi connectivity index (χ2n) is 14.1. The largest absolute Gasteiger partial charge is 0.480 e. The number of ether oxygens (including phenoxy) is 9. The van der Waals surface area contributed by atoms with Gasteiger partial charge in [0.05, 0.1) is 106 Å². The highest BCUT2D eigenvalue weighted by Gasteiger charge is 2.24. The predicted octanol–water partition coefficient (Wildman–Crippen LogP) is -2.20. The van der Waals surface area contributed by atoms with Gasteiger partial charge in [-0.25, -0.2) is 4.79 Å². The number of hydrogen-bond donors (Lipinski definition) is 6. The van der Waals surface area contributed by atoms with Crippen molar-refractivity contribution in [2.75, 3.05) is 132 Å². The zero-order valence-electron chi connectivity index (χ0n) is 37.9. The van der Waals surface area contributed by atoms with E-state index in [4.69, 9.17) is 47.7 Å². The fraction of sp³-hybridized carbons (Fsp3) is 0.756. The Balaban J connectivity index is 1.81. The Morgan fingerprint density at radius 2 is 0.908 bits per heavy atom. The number of carbonyl (C=O) groups excluding carboxylic acids is 7. The molecule has 0 radical (unpaired) electrons. The molecular formula is C41H70N6O18. The van der Waals surface area contributed by atoms with Gasteiger partial charge >= 0.3 is 5.97 Å². The lowest BCUT2D eigenvalue weighted by atomic mass is 10.2. The third-order valence-corrected chi connectivity index (χ3v) is 8.68. The first-order valence-corrected chi connectivity index (χ1v) is 21.7. The fourth-order valence-electron chi connectivity index (χ4n) is 5.14. The molecule has 6 N–H and O–H groups in total. The minimum absolute atomic E-state index is 0.0000891. The molecule has 7 amide bonds. The summed E-state index contributed by atoms with van der Waals surface area (Å²) in [6.45, 7) is 9.99. The van der Waals surface area contributed by atoms with Gasteiger partial charge in [-0.3, -0.25) is 38.5 Å². The van der Waals surface area contributed by atoms with Crippen molar-refractivity contribution in [2.45, 2.75) is 71.0 Å². The zero-order valence-corrected chi connectivity index (χ0v) is 37.9. The van der Waals surface area contributed by atoms with Gasteiger partial charge in [0.25, 0.3) is 11.8 Å². The number of amides is 7. The number of carbonyl (C=O) groups is 8. The van der Waals surface area contributed by atoms with E-state index < -0.39 is 54.3 Å². The van der Waals surface area contributed by atoms with E-state index in [-0.39, 0.29) is 44.1 Å². The Bertz CT molecular complexity index is 1420. The Morgan fingerprint density at radius 3 is 1.37 bits per heavy atom. The molecule has 0 aliphatic carbocycles. The van der Waals surface area contributed by atoms with Crippen LogP contribution in [0.3, 0.4) is 0 Å². The van der Waals surface area contributed by atoms with Crippen molar-refractivity contribution >= 4 is 47.3 Å². The number of nitrogens with zero attached hydrogens (tertiary/aromatic N) is 1. The Kier molecular flexibility index (Phi) is 34.6. The molecule has 0 saturated carbocycles. The molecule has 65 heavy (non-hydrogen) atoms. The fourth-order valence-corrected chi connectivity index (χ4v) is 5.14. The van der Waals surface area contributed by atoms with E-state index in [2.05, 4.69) is 26.6 Å². The highest BCUT2D eigenvalue weighted by Crippen LogP contribution is 2.07. The molecule has 0 fully saturated rings. The first kappa shape index (κ1) is 58.4. The Hall–Kier alpha value is -4.66. The van der Waals surface area contributed by atoms with Crippen LogP contribution in [0.5, 0.6) is 0 Å². The number of hydrogen-bond acceptors (Lipinski definition) is 17. The van der Waals surface area contributed by atoms with Gasteiger partial charge in [0.1, 0.15) is 31.5 Å². The predicted molar refractivity (Wildman–Crippen MR) is 228 cm³/mol. The van der Waals surface area contributed by atoms with Crippen molar-refractivity contribution in [1.82, 2.24) is 31.5 Å². The number of imide groups is 1. The maximum atomic E-state index is 12.4. The van der Waals surface area contributed by atoms with Crippen molar-refractivity contribution in [1.29, 1.82) is 0 Å². The summed E-state index contributed by atoms with van der Waals surface area (Å²) in [4.78, 5) is 95.6. The molecule has 1 heterocycles. The summed E-state index contributed by atoms with van der Waals surface area (Å²) in [6, 6.07) is -2.94. The molecule has 0 saturated heterocycles. The van der Waals surface area contributed by atoms with Gasteiger partial charge in [0, 0.05) is 38.1 Å². The maximum Gasteiger partial charge on any atom is 0.329 e. The van der Waals surface area contributed by atoms with Crippen molar-refractivity contribution in [3.63, 3.8) is 0 Å². The van der Waals surface area contributed by atoms with Crippen LogP contribution in [0, 0.1) is 0 Å². The molecule has 1 aliphatic rings. The highest BCUT2D eigenvalue weighted by molar-refractivity contribution is 6.12. The van der Waals surface area contributed by atoms with Crippen molar-refractivity contribution < 1.29 is 86.1 Å². The van der Waals surface area contributed by atoms with Gasteiger partial charge in [-0.2, -0.15) is 0 Å². The van der Waals surface area contributed by atoms with Gasteiger partial charge in [-0.05, 0) is 33.6 Å². The normalized spacial score (nSPS) is 13.6. The van der Waals surface area contributed by atoms with Crippen LogP contribution in [0.25, 0.3) is 0 Å². The monoisotopic (exact) mass is 934 g/mol. The van der Waals surface area contributed by atoms with Crippen molar-refractivity contribution in [3.05, 3.63) is 12.2 Å². The van der Waals surface area contributed by atoms with Crippen LogP contribution in [-0.2, 0) is 81.0 Å². The SMILES string of the molecule is C[C@H](NC(=O)CCOCCOCCOCCOCCOCCOCCOCCOCCNC(=O)CCCCCN1C(=O)C=CC1=O)C(=O)N[C@H](C)C(=O)N[C@@H](C)C(=O)NCOCC(=O)O. The summed E-state index contributed by atoms with van der Waals surface area (Å²) < 4.78 is 48.3. The van der Waals surface area contributed by atoms with Crippen LogP contribution in [0.2, 0.25) is 0 Å². The Morgan fingerprint density at radius 1 is 0.492 bits per heavy atom. The molecular weight excluding hydrogens is 864 g/mol. The van der Waals surface area contributed by atoms with Crippen LogP contribution in [0.1, 0.15) is 52.9 Å². The standard InChI is InChI=1S/C41H70N6O18/c1-31(39(54)43-30-65-29-38(52)53)45-41(56)33(3)46-40(55)32(2)44-35(49)10-13-57-15-17-59-19-21-61-23-25-63-27-28-64-26-24-62-22-20-60-18-16-58-14-11-42-34(48)7-5-4-6-12-47-36(50)8-9-37(47)51/h8-9,31-33H,4-7,10-30H2,1-3H3,(H,42,48)(H,43,54)(H,44,49)(H,45,56)(H,46,55)(H,52,53)/t31-,32-,33+/m0/s1. The lowest BCUT2D eigenvalue weighted by Crippen LogP contribution is -2.54. The first-order chi connectivity index (χ1) is 31.3. The molecule has 1 rings (SSSR count). The van der Waals surface area contributed by atoms with Gasteiger partial charge in [0.2, 0.25) is 29.5 Å². The maximum absolute atomic E-state index is 12.4. The van der Waals surface area contributed by atoms with E-state index in [1.165, 1.54) is 37.8 Å². The molecule has 0 spiro atoms.